The van der Waals surface area contributed by atoms with Crippen LogP contribution in [-0.4, -0.2) is 138 Å². The maximum absolute atomic E-state index is 12.6. The van der Waals surface area contributed by atoms with E-state index >= 15 is 0 Å². The lowest BCUT2D eigenvalue weighted by Crippen LogP contribution is -2.29. The number of benzene rings is 10. The Morgan fingerprint density at radius 1 is 0.381 bits per heavy atom. The molecule has 0 spiro atoms. The average molecular weight is 1690 g/mol. The number of aryl methyl sites for hydroxylation is 1. The minimum atomic E-state index is -0.578. The molecule has 1 heterocycles. The lowest BCUT2D eigenvalue weighted by atomic mass is 10.0. The number of nitrogens with zero attached hydrogens (tertiary/aromatic N) is 3. The van der Waals surface area contributed by atoms with E-state index in [2.05, 4.69) is 25.9 Å². The summed E-state index contributed by atoms with van der Waals surface area (Å²) in [5.74, 6) is 6.75. The smallest absolute Gasteiger partial charge is 0.312 e. The highest BCUT2D eigenvalue weighted by Crippen LogP contribution is 2.40. The number of rotatable bonds is 40. The number of methoxy groups -OCH3 is 5. The zero-order valence-corrected chi connectivity index (χ0v) is 70.9. The second-order valence-electron chi connectivity index (χ2n) is 26.2. The lowest BCUT2D eigenvalue weighted by molar-refractivity contribution is -0.116. The molecular formula is C92H99N7O14S5. The summed E-state index contributed by atoms with van der Waals surface area (Å²) in [6, 6.07) is 82.3. The number of carbonyl (C=O) groups excluding carboxylic acids is 8. The van der Waals surface area contributed by atoms with Crippen molar-refractivity contribution in [1.82, 2.24) is 25.9 Å². The van der Waals surface area contributed by atoms with Crippen LogP contribution in [0.15, 0.2) is 267 Å². The molecule has 11 rings (SSSR count). The molecule has 616 valence electrons. The Bertz CT molecular complexity index is 4700. The quantitative estimate of drug-likeness (QED) is 0.0176. The number of tetrazole rings is 1. The van der Waals surface area contributed by atoms with Crippen LogP contribution in [0.1, 0.15) is 156 Å². The van der Waals surface area contributed by atoms with Crippen molar-refractivity contribution in [3.05, 3.63) is 334 Å². The van der Waals surface area contributed by atoms with Gasteiger partial charge in [0.15, 0.2) is 34.7 Å². The molecule has 0 bridgehead atoms. The van der Waals surface area contributed by atoms with Crippen LogP contribution < -0.4 is 40.5 Å². The molecule has 1 aromatic heterocycles. The van der Waals surface area contributed by atoms with Crippen molar-refractivity contribution in [1.29, 1.82) is 0 Å². The Morgan fingerprint density at radius 2 is 0.669 bits per heavy atom. The largest absolute Gasteiger partial charge is 0.497 e. The van der Waals surface area contributed by atoms with Crippen molar-refractivity contribution in [2.75, 3.05) is 65.3 Å². The van der Waals surface area contributed by atoms with E-state index in [-0.39, 0.29) is 79.2 Å². The molecule has 7 N–H and O–H groups in total. The molecule has 0 fully saturated rings. The third-order valence-electron chi connectivity index (χ3n) is 17.7. The topological polar surface area (TPSA) is 321 Å². The molecular weight excluding hydrogens is 1590 g/mol. The highest BCUT2D eigenvalue weighted by Gasteiger charge is 2.24. The van der Waals surface area contributed by atoms with Crippen molar-refractivity contribution in [3.63, 3.8) is 0 Å². The number of ketones is 6. The predicted molar refractivity (Wildman–Crippen MR) is 475 cm³/mol. The Kier molecular flexibility index (Phi) is 41.7. The first-order valence-electron chi connectivity index (χ1n) is 37.5. The van der Waals surface area contributed by atoms with Crippen LogP contribution in [0.2, 0.25) is 0 Å². The number of urea groups is 1. The van der Waals surface area contributed by atoms with Crippen molar-refractivity contribution >= 4 is 105 Å². The van der Waals surface area contributed by atoms with E-state index in [0.717, 1.165) is 73.3 Å². The number of hydrogen-bond acceptors (Lipinski definition) is 22. The van der Waals surface area contributed by atoms with E-state index in [0.29, 0.717) is 77.8 Å². The number of carbonyl (C=O) groups is 8. The number of nitrogens with two attached hydrogens (primary N) is 2. The van der Waals surface area contributed by atoms with Gasteiger partial charge in [-0.1, -0.05) is 217 Å². The number of aliphatic hydroxyl groups is 1. The molecule has 0 aliphatic carbocycles. The molecule has 0 aliphatic rings. The summed E-state index contributed by atoms with van der Waals surface area (Å²) in [5.41, 5.74) is 20.1. The van der Waals surface area contributed by atoms with Gasteiger partial charge in [-0.2, -0.15) is 17.0 Å². The van der Waals surface area contributed by atoms with Crippen LogP contribution in [0.3, 0.4) is 0 Å². The molecule has 118 heavy (non-hydrogen) atoms. The highest BCUT2D eigenvalue weighted by molar-refractivity contribution is 8.00. The summed E-state index contributed by atoms with van der Waals surface area (Å²) < 4.78 is 25.9. The van der Waals surface area contributed by atoms with E-state index in [1.807, 2.05) is 250 Å². The van der Waals surface area contributed by atoms with Gasteiger partial charge in [-0.05, 0) is 102 Å². The number of aromatic amines is 1. The summed E-state index contributed by atoms with van der Waals surface area (Å²) in [4.78, 5) is 95.8. The fraction of sp³-hybridized carbons (Fsp3) is 0.250. The molecule has 11 aromatic rings. The van der Waals surface area contributed by atoms with Crippen molar-refractivity contribution in [2.24, 2.45) is 11.5 Å². The van der Waals surface area contributed by atoms with Gasteiger partial charge in [0, 0.05) is 91.9 Å². The average Bonchev–Trinajstić information content (AvgIpc) is 0.959. The van der Waals surface area contributed by atoms with Gasteiger partial charge >= 0.3 is 6.03 Å². The Morgan fingerprint density at radius 3 is 0.941 bits per heavy atom. The fourth-order valence-electron chi connectivity index (χ4n) is 11.4. The molecule has 26 heteroatoms. The first-order valence-corrected chi connectivity index (χ1v) is 42.8. The first kappa shape index (κ1) is 93.9. The summed E-state index contributed by atoms with van der Waals surface area (Å²) in [5, 5.41) is 25.4. The molecule has 0 saturated carbocycles. The van der Waals surface area contributed by atoms with Crippen molar-refractivity contribution in [3.8, 4) is 28.7 Å². The van der Waals surface area contributed by atoms with E-state index in [4.69, 9.17) is 40.3 Å². The maximum atomic E-state index is 12.6. The number of primary amides is 2. The van der Waals surface area contributed by atoms with E-state index in [1.54, 1.807) is 90.3 Å². The van der Waals surface area contributed by atoms with E-state index in [9.17, 15) is 38.4 Å². The number of ether oxygens (including phenoxy) is 5. The zero-order valence-electron chi connectivity index (χ0n) is 66.9. The second-order valence-corrected chi connectivity index (χ2v) is 32.2. The standard InChI is InChI=1S/C19H22O3S.C19H20O3S.C18H18N4O2S.C18H20N2O3S.C18H19NO3S/c1-14-3-5-15(6-4-14)18(21)13-19(23-12-11-20)16-7-9-17(22-2)10-8-16;1-14(20)13-23-19(16-8-10-17(22-2)11-9-16)12-18(21)15-6-4-3-5-7-15;1-24-15-9-7-14(8-10-15)17(25-12-18-19-21-22-20-18)11-16(23)13-5-3-2-4-6-13;1-23-15-9-7-14(8-10-15)17(24-12-20-18(19)22)11-16(21)13-5-3-2-4-6-13;1-22-15-9-7-14(8-10-15)17(23-12-18(19)21)11-16(20)13-5-3-2-4-6-13/h3-10,19-20H,11-13H2,1-2H3;3-11,19H,12-13H2,1-2H3;2-10,17H,11-12H2,1H3,(H,19,20,21,22);2-10,17H,11-12H2,1H3,(H3,19,20,22);2-10,17H,11-12H2,1H3,(H2,19,21). The number of nitrogens with one attached hydrogen (secondary N) is 2. The maximum Gasteiger partial charge on any atom is 0.312 e. The van der Waals surface area contributed by atoms with Gasteiger partial charge in [0.1, 0.15) is 34.5 Å². The molecule has 21 nitrogen and oxygen atoms in total. The third kappa shape index (κ3) is 33.8. The normalized spacial score (nSPS) is 11.8. The summed E-state index contributed by atoms with van der Waals surface area (Å²) in [6.07, 6.45) is 1.84. The van der Waals surface area contributed by atoms with Gasteiger partial charge in [0.2, 0.25) is 5.91 Å². The van der Waals surface area contributed by atoms with E-state index in [1.165, 1.54) is 35.3 Å². The Hall–Kier alpha value is -11.3. The monoisotopic (exact) mass is 1690 g/mol. The Balaban J connectivity index is 0.000000204. The summed E-state index contributed by atoms with van der Waals surface area (Å²) in [7, 11) is 8.10. The summed E-state index contributed by atoms with van der Waals surface area (Å²) >= 11 is 7.58. The molecule has 3 amide bonds. The minimum absolute atomic E-state index is 0.00267. The number of aromatic nitrogens is 4. The number of amides is 3. The SMILES string of the molecule is COc1ccc(C(CC(=O)c2ccc(C)cc2)SCCO)cc1.COc1ccc(C(CC(=O)c2ccccc2)SCC(C)=O)cc1.COc1ccc(C(CC(=O)c2ccccc2)SCC(N)=O)cc1.COc1ccc(C(CC(=O)c2ccccc2)SCNC(N)=O)cc1.COc1ccc(C(CC(=O)c2ccccc2)SCc2nn[nH]n2)cc1. The molecule has 5 unspecified atom stereocenters. The minimum Gasteiger partial charge on any atom is -0.497 e. The number of aliphatic hydroxyl groups excluding tert-OH is 1. The number of Topliss-reactive ketones (excluding diaryl/α,β-unsaturated/α-hetero) is 6. The van der Waals surface area contributed by atoms with Gasteiger partial charge in [-0.3, -0.25) is 33.6 Å². The van der Waals surface area contributed by atoms with Crippen LogP contribution in [0, 0.1) is 6.92 Å². The molecule has 0 saturated heterocycles. The predicted octanol–water partition coefficient (Wildman–Crippen LogP) is 18.4. The van der Waals surface area contributed by atoms with Crippen LogP contribution in [0.25, 0.3) is 0 Å². The third-order valence-corrected chi connectivity index (χ3v) is 24.1. The van der Waals surface area contributed by atoms with Gasteiger partial charge in [-0.25, -0.2) is 4.79 Å². The zero-order chi connectivity index (χ0) is 84.8. The highest BCUT2D eigenvalue weighted by atomic mass is 32.2. The van der Waals surface area contributed by atoms with Crippen LogP contribution >= 0.6 is 58.8 Å². The van der Waals surface area contributed by atoms with Gasteiger partial charge in [-0.15, -0.1) is 57.2 Å². The van der Waals surface area contributed by atoms with E-state index < -0.39 is 6.03 Å². The van der Waals surface area contributed by atoms with Gasteiger partial charge in [0.25, 0.3) is 0 Å². The molecule has 10 aromatic carbocycles. The molecule has 5 atom stereocenters. The van der Waals surface area contributed by atoms with Crippen molar-refractivity contribution in [2.45, 2.75) is 78.0 Å². The number of thioether (sulfide) groups is 5. The van der Waals surface area contributed by atoms with Crippen LogP contribution in [0.4, 0.5) is 4.79 Å². The summed E-state index contributed by atoms with van der Waals surface area (Å²) in [6.45, 7) is 3.68. The molecule has 0 aliphatic heterocycles. The van der Waals surface area contributed by atoms with Crippen LogP contribution in [-0.2, 0) is 15.3 Å². The molecule has 0 radical (unpaired) electrons. The van der Waals surface area contributed by atoms with Gasteiger partial charge in [0.05, 0.1) is 65.3 Å². The lowest BCUT2D eigenvalue weighted by Gasteiger charge is -2.17. The number of H-pyrrole nitrogens is 1. The van der Waals surface area contributed by atoms with Gasteiger partial charge < -0.3 is 45.6 Å². The Labute approximate surface area is 711 Å². The number of hydrogen-bond donors (Lipinski definition) is 5. The first-order chi connectivity index (χ1) is 57.2. The second kappa shape index (κ2) is 52.4. The van der Waals surface area contributed by atoms with Crippen molar-refractivity contribution < 1.29 is 67.1 Å². The van der Waals surface area contributed by atoms with Crippen LogP contribution in [0.5, 0.6) is 28.7 Å². The fourth-order valence-corrected chi connectivity index (χ4v) is 16.5.